The fraction of sp³-hybridized carbons (Fsp3) is 0.839. The van der Waals surface area contributed by atoms with Crippen LogP contribution in [0.4, 0.5) is 0 Å². The summed E-state index contributed by atoms with van der Waals surface area (Å²) in [5, 5.41) is 13.3. The summed E-state index contributed by atoms with van der Waals surface area (Å²) in [6.45, 7) is 14.4. The number of aliphatic hydroxyl groups excluding tert-OH is 1. The summed E-state index contributed by atoms with van der Waals surface area (Å²) in [5.41, 5.74) is 3.68. The Labute approximate surface area is 213 Å². The van der Waals surface area contributed by atoms with Crippen LogP contribution in [0.25, 0.3) is 0 Å². The van der Waals surface area contributed by atoms with Crippen molar-refractivity contribution in [3.63, 3.8) is 0 Å². The first kappa shape index (κ1) is 25.4. The van der Waals surface area contributed by atoms with E-state index in [1.807, 2.05) is 0 Å². The maximum Gasteiger partial charge on any atom is 0.216 e. The molecular weight excluding hydrogens is 434 g/mol. The molecule has 35 heavy (non-hydrogen) atoms. The molecule has 4 heteroatoms. The largest absolute Gasteiger partial charge is 0.491 e. The number of amides is 1. The van der Waals surface area contributed by atoms with Crippen LogP contribution >= 0.6 is 0 Å². The van der Waals surface area contributed by atoms with E-state index in [4.69, 9.17) is 4.74 Å². The summed E-state index contributed by atoms with van der Waals surface area (Å²) in [6, 6.07) is 0. The molecule has 2 N–H and O–H groups in total. The highest BCUT2D eigenvalue weighted by Gasteiger charge is 2.68. The zero-order valence-electron chi connectivity index (χ0n) is 23.1. The Hall–Kier alpha value is -1.29. The van der Waals surface area contributed by atoms with Gasteiger partial charge in [0, 0.05) is 25.8 Å². The molecule has 5 rings (SSSR count). The van der Waals surface area contributed by atoms with E-state index in [1.54, 1.807) is 12.5 Å². The second-order valence-electron chi connectivity index (χ2n) is 13.5. The molecule has 1 heterocycles. The molecule has 3 fully saturated rings. The number of nitrogens with one attached hydrogen (secondary N) is 1. The molecule has 4 nitrogen and oxygen atoms in total. The van der Waals surface area contributed by atoms with E-state index in [9.17, 15) is 9.90 Å². The maximum absolute atomic E-state index is 11.3. The fourth-order valence-corrected chi connectivity index (χ4v) is 9.77. The predicted octanol–water partition coefficient (Wildman–Crippen LogP) is 6.54. The standard InChI is InChI=1S/C31H49NO3/c1-7-31-17-26-24-10-9-22-16-23(34)12-14-29(22,5)25(24)13-15-30(26,6)28(31)20(3)27(35-31)11-8-19(2)18-32-21(4)33/h9,19,23-26,28,34H,7-8,10-18H2,1-6H3,(H,32,33)/t19-,23+,24+,25-,26-,28+,29+,30+,31-/m1/s1. The van der Waals surface area contributed by atoms with Crippen LogP contribution in [0.3, 0.4) is 0 Å². The van der Waals surface area contributed by atoms with Gasteiger partial charge in [-0.1, -0.05) is 39.3 Å². The number of allylic oxidation sites excluding steroid dienone is 2. The van der Waals surface area contributed by atoms with Gasteiger partial charge in [-0.3, -0.25) is 4.79 Å². The molecule has 9 atom stereocenters. The van der Waals surface area contributed by atoms with Crippen LogP contribution in [0.15, 0.2) is 23.0 Å². The van der Waals surface area contributed by atoms with Gasteiger partial charge < -0.3 is 15.2 Å². The van der Waals surface area contributed by atoms with Gasteiger partial charge in [-0.05, 0) is 105 Å². The van der Waals surface area contributed by atoms with E-state index in [0.29, 0.717) is 22.7 Å². The third-order valence-electron chi connectivity index (χ3n) is 11.6. The normalized spacial score (nSPS) is 45.0. The monoisotopic (exact) mass is 483 g/mol. The van der Waals surface area contributed by atoms with E-state index in [2.05, 4.69) is 46.0 Å². The minimum absolute atomic E-state index is 0.0255. The molecule has 196 valence electrons. The summed E-state index contributed by atoms with van der Waals surface area (Å²) in [5.74, 6) is 4.55. The summed E-state index contributed by atoms with van der Waals surface area (Å²) in [6.07, 6.45) is 13.6. The van der Waals surface area contributed by atoms with Crippen molar-refractivity contribution < 1.29 is 14.6 Å². The lowest BCUT2D eigenvalue weighted by Crippen LogP contribution is -2.50. The quantitative estimate of drug-likeness (QED) is 0.422. The van der Waals surface area contributed by atoms with Crippen LogP contribution in [-0.2, 0) is 9.53 Å². The molecule has 0 aromatic rings. The average Bonchev–Trinajstić information content (AvgIpc) is 3.25. The molecule has 3 saturated carbocycles. The minimum Gasteiger partial charge on any atom is -0.491 e. The Morgan fingerprint density at radius 2 is 2.03 bits per heavy atom. The Kier molecular flexibility index (Phi) is 6.47. The van der Waals surface area contributed by atoms with E-state index in [1.165, 1.54) is 37.0 Å². The molecule has 0 saturated heterocycles. The van der Waals surface area contributed by atoms with Crippen molar-refractivity contribution in [1.29, 1.82) is 0 Å². The lowest BCUT2D eigenvalue weighted by molar-refractivity contribution is -0.119. The van der Waals surface area contributed by atoms with Crippen molar-refractivity contribution in [3.8, 4) is 0 Å². The number of fused-ring (bicyclic) bond motifs is 7. The summed E-state index contributed by atoms with van der Waals surface area (Å²) in [4.78, 5) is 11.3. The highest BCUT2D eigenvalue weighted by molar-refractivity contribution is 5.72. The molecular formula is C31H49NO3. The number of ether oxygens (including phenoxy) is 1. The number of aliphatic hydroxyl groups is 1. The molecule has 0 aromatic heterocycles. The topological polar surface area (TPSA) is 58.6 Å². The molecule has 1 amide bonds. The van der Waals surface area contributed by atoms with Crippen molar-refractivity contribution in [2.75, 3.05) is 6.54 Å². The lowest BCUT2D eigenvalue weighted by atomic mass is 9.47. The second kappa shape index (κ2) is 8.92. The molecule has 0 aromatic carbocycles. The summed E-state index contributed by atoms with van der Waals surface area (Å²) < 4.78 is 7.04. The van der Waals surface area contributed by atoms with E-state index in [0.717, 1.165) is 62.8 Å². The maximum atomic E-state index is 11.3. The molecule has 0 spiro atoms. The van der Waals surface area contributed by atoms with Gasteiger partial charge in [-0.2, -0.15) is 0 Å². The molecule has 1 aliphatic heterocycles. The van der Waals surface area contributed by atoms with E-state index in [-0.39, 0.29) is 17.6 Å². The smallest absolute Gasteiger partial charge is 0.216 e. The number of carbonyl (C=O) groups is 1. The van der Waals surface area contributed by atoms with E-state index >= 15 is 0 Å². The number of hydrogen-bond donors (Lipinski definition) is 2. The number of hydrogen-bond acceptors (Lipinski definition) is 3. The van der Waals surface area contributed by atoms with Crippen molar-refractivity contribution in [2.24, 2.45) is 40.4 Å². The van der Waals surface area contributed by atoms with Gasteiger partial charge in [-0.25, -0.2) is 0 Å². The van der Waals surface area contributed by atoms with Gasteiger partial charge >= 0.3 is 0 Å². The Balaban J connectivity index is 1.37. The molecule has 5 aliphatic rings. The number of carbonyl (C=O) groups excluding carboxylic acids is 1. The zero-order valence-corrected chi connectivity index (χ0v) is 23.1. The Bertz CT molecular complexity index is 922. The van der Waals surface area contributed by atoms with Crippen molar-refractivity contribution >= 4 is 5.91 Å². The summed E-state index contributed by atoms with van der Waals surface area (Å²) >= 11 is 0. The van der Waals surface area contributed by atoms with Gasteiger partial charge in [0.15, 0.2) is 0 Å². The predicted molar refractivity (Wildman–Crippen MR) is 140 cm³/mol. The van der Waals surface area contributed by atoms with E-state index < -0.39 is 0 Å². The Morgan fingerprint density at radius 1 is 1.26 bits per heavy atom. The minimum atomic E-state index is -0.130. The zero-order chi connectivity index (χ0) is 25.2. The van der Waals surface area contributed by atoms with Crippen LogP contribution in [0.2, 0.25) is 0 Å². The molecule has 4 aliphatic carbocycles. The third kappa shape index (κ3) is 3.92. The second-order valence-corrected chi connectivity index (χ2v) is 13.5. The van der Waals surface area contributed by atoms with Gasteiger partial charge in [0.25, 0.3) is 0 Å². The molecule has 0 bridgehead atoms. The highest BCUT2D eigenvalue weighted by atomic mass is 16.5. The SMILES string of the molecule is CC[C@@]12C[C@@H]3[C@H]4CC=C5C[C@@H](O)CC[C@]5(C)[C@@H]4CC[C@]3(C)[C@@H]1C(C)=C(CC[C@@H](C)CNC(C)=O)O2. The first-order valence-corrected chi connectivity index (χ1v) is 14.5. The van der Waals surface area contributed by atoms with Crippen LogP contribution < -0.4 is 5.32 Å². The van der Waals surface area contributed by atoms with Crippen LogP contribution in [0.5, 0.6) is 0 Å². The first-order chi connectivity index (χ1) is 16.5. The van der Waals surface area contributed by atoms with Crippen LogP contribution in [-0.4, -0.2) is 29.3 Å². The fourth-order valence-electron chi connectivity index (χ4n) is 9.77. The van der Waals surface area contributed by atoms with Gasteiger partial charge in [0.05, 0.1) is 11.9 Å². The Morgan fingerprint density at radius 3 is 2.74 bits per heavy atom. The number of rotatable bonds is 6. The van der Waals surface area contributed by atoms with Gasteiger partial charge in [-0.15, -0.1) is 0 Å². The molecule has 0 radical (unpaired) electrons. The van der Waals surface area contributed by atoms with Crippen LogP contribution in [0.1, 0.15) is 106 Å². The van der Waals surface area contributed by atoms with Gasteiger partial charge in [0.2, 0.25) is 5.91 Å². The molecule has 0 unspecified atom stereocenters. The van der Waals surface area contributed by atoms with Crippen LogP contribution in [0, 0.1) is 40.4 Å². The van der Waals surface area contributed by atoms with Crippen molar-refractivity contribution in [1.82, 2.24) is 5.32 Å². The first-order valence-electron chi connectivity index (χ1n) is 14.5. The third-order valence-corrected chi connectivity index (χ3v) is 11.6. The van der Waals surface area contributed by atoms with Gasteiger partial charge in [0.1, 0.15) is 5.60 Å². The average molecular weight is 484 g/mol. The highest BCUT2D eigenvalue weighted by Crippen LogP contribution is 2.72. The summed E-state index contributed by atoms with van der Waals surface area (Å²) in [7, 11) is 0. The van der Waals surface area contributed by atoms with Crippen molar-refractivity contribution in [2.45, 2.75) is 117 Å². The van der Waals surface area contributed by atoms with Crippen molar-refractivity contribution in [3.05, 3.63) is 23.0 Å². The lowest BCUT2D eigenvalue weighted by Gasteiger charge is -2.57.